The monoisotopic (exact) mass is 436 g/mol. The molecule has 0 atom stereocenters. The van der Waals surface area contributed by atoms with Gasteiger partial charge in [-0.05, 0) is 60.7 Å². The molecule has 2 heterocycles. The number of nitrogens with one attached hydrogen (secondary N) is 1. The number of fused-ring (bicyclic) bond motifs is 1. The number of hydrogen-bond acceptors (Lipinski definition) is 5. The van der Waals surface area contributed by atoms with Crippen LogP contribution in [0.15, 0.2) is 46.2 Å². The topological polar surface area (TPSA) is 92.8 Å². The summed E-state index contributed by atoms with van der Waals surface area (Å²) in [7, 11) is -7.51. The second-order valence-electron chi connectivity index (χ2n) is 7.47. The van der Waals surface area contributed by atoms with Crippen LogP contribution in [0.1, 0.15) is 36.0 Å². The van der Waals surface area contributed by atoms with Crippen molar-refractivity contribution < 1.29 is 21.6 Å². The van der Waals surface area contributed by atoms with Gasteiger partial charge in [0.1, 0.15) is 0 Å². The highest BCUT2D eigenvalue weighted by Gasteiger charge is 2.27. The van der Waals surface area contributed by atoms with E-state index in [1.807, 2.05) is 0 Å². The smallest absolute Gasteiger partial charge is 0.261 e. The molecule has 0 unspecified atom stereocenters. The van der Waals surface area contributed by atoms with Gasteiger partial charge in [0.15, 0.2) is 0 Å². The van der Waals surface area contributed by atoms with Crippen molar-refractivity contribution in [3.05, 3.63) is 53.1 Å². The average Bonchev–Trinajstić information content (AvgIpc) is 3.18. The van der Waals surface area contributed by atoms with Crippen LogP contribution in [0.3, 0.4) is 0 Å². The van der Waals surface area contributed by atoms with Gasteiger partial charge in [-0.1, -0.05) is 18.6 Å². The van der Waals surface area contributed by atoms with Crippen molar-refractivity contribution in [3.8, 4) is 0 Å². The second kappa shape index (κ2) is 7.71. The number of rotatable bonds is 5. The first-order chi connectivity index (χ1) is 13.8. The van der Waals surface area contributed by atoms with E-state index in [9.17, 15) is 16.8 Å². The average molecular weight is 437 g/mol. The summed E-state index contributed by atoms with van der Waals surface area (Å²) in [5, 5.41) is 0. The zero-order valence-electron chi connectivity index (χ0n) is 16.2. The summed E-state index contributed by atoms with van der Waals surface area (Å²) in [6, 6.07) is 9.47. The van der Waals surface area contributed by atoms with Crippen molar-refractivity contribution in [2.24, 2.45) is 0 Å². The number of piperidine rings is 1. The molecule has 2 aromatic carbocycles. The van der Waals surface area contributed by atoms with Crippen LogP contribution in [-0.4, -0.2) is 34.2 Å². The van der Waals surface area contributed by atoms with Gasteiger partial charge in [0.25, 0.3) is 10.0 Å². The predicted molar refractivity (Wildman–Crippen MR) is 110 cm³/mol. The van der Waals surface area contributed by atoms with Crippen molar-refractivity contribution in [2.75, 3.05) is 17.8 Å². The summed E-state index contributed by atoms with van der Waals surface area (Å²) in [6.45, 7) is 3.61. The van der Waals surface area contributed by atoms with E-state index in [4.69, 9.17) is 4.74 Å². The zero-order chi connectivity index (χ0) is 20.6. The van der Waals surface area contributed by atoms with Gasteiger partial charge in [-0.15, -0.1) is 0 Å². The fraction of sp³-hybridized carbons (Fsp3) is 0.400. The molecule has 156 valence electrons. The van der Waals surface area contributed by atoms with E-state index < -0.39 is 20.0 Å². The van der Waals surface area contributed by atoms with Crippen LogP contribution >= 0.6 is 0 Å². The summed E-state index contributed by atoms with van der Waals surface area (Å²) < 4.78 is 61.1. The third kappa shape index (κ3) is 4.05. The SMILES string of the molecule is Cc1ccc(S(=O)(=O)N2CCCCC2)cc1NS(=O)(=O)c1ccc2c(c1)COC2. The number of aryl methyl sites for hydroxylation is 1. The molecule has 7 nitrogen and oxygen atoms in total. The third-order valence-corrected chi connectivity index (χ3v) is 8.67. The highest BCUT2D eigenvalue weighted by atomic mass is 32.2. The summed E-state index contributed by atoms with van der Waals surface area (Å²) in [5.41, 5.74) is 2.75. The molecule has 2 aromatic rings. The van der Waals surface area contributed by atoms with Gasteiger partial charge in [-0.3, -0.25) is 4.72 Å². The zero-order valence-corrected chi connectivity index (χ0v) is 17.9. The van der Waals surface area contributed by atoms with Gasteiger partial charge < -0.3 is 4.74 Å². The molecule has 1 fully saturated rings. The maximum absolute atomic E-state index is 12.9. The Bertz CT molecular complexity index is 1140. The highest BCUT2D eigenvalue weighted by molar-refractivity contribution is 7.92. The van der Waals surface area contributed by atoms with Gasteiger partial charge in [0.2, 0.25) is 10.0 Å². The Balaban J connectivity index is 1.64. The Hall–Kier alpha value is -1.94. The minimum absolute atomic E-state index is 0.102. The van der Waals surface area contributed by atoms with Crippen molar-refractivity contribution in [1.82, 2.24) is 4.31 Å². The molecule has 4 rings (SSSR count). The first kappa shape index (κ1) is 20.3. The number of ether oxygens (including phenoxy) is 1. The van der Waals surface area contributed by atoms with Crippen LogP contribution in [0.2, 0.25) is 0 Å². The number of hydrogen-bond donors (Lipinski definition) is 1. The van der Waals surface area contributed by atoms with Gasteiger partial charge in [-0.25, -0.2) is 16.8 Å². The molecule has 2 aliphatic rings. The first-order valence-electron chi connectivity index (χ1n) is 9.60. The number of nitrogens with zero attached hydrogens (tertiary/aromatic N) is 1. The molecule has 0 spiro atoms. The standard InChI is InChI=1S/C20H24N2O5S2/c1-15-5-7-19(29(25,26)22-9-3-2-4-10-22)12-20(15)21-28(23,24)18-8-6-16-13-27-14-17(16)11-18/h5-8,11-12,21H,2-4,9-10,13-14H2,1H3. The second-order valence-corrected chi connectivity index (χ2v) is 11.1. The summed E-state index contributed by atoms with van der Waals surface area (Å²) in [5.74, 6) is 0. The Morgan fingerprint density at radius 2 is 1.55 bits per heavy atom. The Morgan fingerprint density at radius 3 is 2.31 bits per heavy atom. The Kier molecular flexibility index (Phi) is 5.41. The quantitative estimate of drug-likeness (QED) is 0.778. The molecule has 1 saturated heterocycles. The lowest BCUT2D eigenvalue weighted by molar-refractivity contribution is 0.134. The lowest BCUT2D eigenvalue weighted by Gasteiger charge is -2.26. The Labute approximate surface area is 171 Å². The lowest BCUT2D eigenvalue weighted by Crippen LogP contribution is -2.35. The molecule has 0 aromatic heterocycles. The van der Waals surface area contributed by atoms with Gasteiger partial charge in [0, 0.05) is 13.1 Å². The van der Waals surface area contributed by atoms with Gasteiger partial charge >= 0.3 is 0 Å². The molecule has 0 aliphatic carbocycles. The summed E-state index contributed by atoms with van der Waals surface area (Å²) >= 11 is 0. The predicted octanol–water partition coefficient (Wildman–Crippen LogP) is 3.00. The van der Waals surface area contributed by atoms with E-state index in [1.165, 1.54) is 16.4 Å². The van der Waals surface area contributed by atoms with Crippen LogP contribution in [0.4, 0.5) is 5.69 Å². The molecule has 0 amide bonds. The Morgan fingerprint density at radius 1 is 0.862 bits per heavy atom. The number of sulfonamides is 2. The van der Waals surface area contributed by atoms with E-state index in [-0.39, 0.29) is 15.5 Å². The van der Waals surface area contributed by atoms with Crippen molar-refractivity contribution in [3.63, 3.8) is 0 Å². The van der Waals surface area contributed by atoms with Crippen molar-refractivity contribution >= 4 is 25.7 Å². The highest BCUT2D eigenvalue weighted by Crippen LogP contribution is 2.28. The molecule has 0 bridgehead atoms. The van der Waals surface area contributed by atoms with Crippen LogP contribution in [0, 0.1) is 6.92 Å². The molecule has 0 radical (unpaired) electrons. The molecular formula is C20H24N2O5S2. The summed E-state index contributed by atoms with van der Waals surface area (Å²) in [4.78, 5) is 0.232. The summed E-state index contributed by atoms with van der Waals surface area (Å²) in [6.07, 6.45) is 2.70. The minimum Gasteiger partial charge on any atom is -0.372 e. The largest absolute Gasteiger partial charge is 0.372 e. The molecule has 2 aliphatic heterocycles. The van der Waals surface area contributed by atoms with Crippen LogP contribution in [0.25, 0.3) is 0 Å². The van der Waals surface area contributed by atoms with E-state index in [0.29, 0.717) is 31.9 Å². The molecule has 29 heavy (non-hydrogen) atoms. The van der Waals surface area contributed by atoms with E-state index in [1.54, 1.807) is 31.2 Å². The van der Waals surface area contributed by atoms with Gasteiger partial charge in [-0.2, -0.15) is 4.31 Å². The molecule has 0 saturated carbocycles. The molecular weight excluding hydrogens is 412 g/mol. The van der Waals surface area contributed by atoms with E-state index in [2.05, 4.69) is 4.72 Å². The van der Waals surface area contributed by atoms with Crippen molar-refractivity contribution in [1.29, 1.82) is 0 Å². The van der Waals surface area contributed by atoms with E-state index >= 15 is 0 Å². The van der Waals surface area contributed by atoms with Crippen LogP contribution in [0.5, 0.6) is 0 Å². The van der Waals surface area contributed by atoms with Crippen LogP contribution in [-0.2, 0) is 38.0 Å². The molecule has 9 heteroatoms. The minimum atomic E-state index is -3.86. The van der Waals surface area contributed by atoms with Gasteiger partial charge in [0.05, 0.1) is 28.7 Å². The number of benzene rings is 2. The maximum Gasteiger partial charge on any atom is 0.261 e. The van der Waals surface area contributed by atoms with Crippen LogP contribution < -0.4 is 4.72 Å². The fourth-order valence-corrected chi connectivity index (χ4v) is 6.36. The first-order valence-corrected chi connectivity index (χ1v) is 12.5. The fourth-order valence-electron chi connectivity index (χ4n) is 3.65. The normalized spacial score (nSPS) is 17.8. The lowest BCUT2D eigenvalue weighted by atomic mass is 10.1. The number of anilines is 1. The third-order valence-electron chi connectivity index (χ3n) is 5.41. The molecule has 1 N–H and O–H groups in total. The van der Waals surface area contributed by atoms with Crippen molar-refractivity contribution in [2.45, 2.75) is 49.2 Å². The van der Waals surface area contributed by atoms with E-state index in [0.717, 1.165) is 30.4 Å². The maximum atomic E-state index is 12.9.